The number of hydrogen-bond acceptors (Lipinski definition) is 10. The van der Waals surface area contributed by atoms with Crippen LogP contribution in [0.15, 0.2) is 48.8 Å². The van der Waals surface area contributed by atoms with Gasteiger partial charge in [0, 0.05) is 55.9 Å². The van der Waals surface area contributed by atoms with E-state index in [4.69, 9.17) is 31.0 Å². The van der Waals surface area contributed by atoms with Gasteiger partial charge in [-0.2, -0.15) is 15.2 Å². The van der Waals surface area contributed by atoms with Crippen LogP contribution in [0.2, 0.25) is 5.02 Å². The number of halogens is 2. The van der Waals surface area contributed by atoms with E-state index in [9.17, 15) is 19.6 Å². The van der Waals surface area contributed by atoms with Crippen molar-refractivity contribution < 1.29 is 23.8 Å². The van der Waals surface area contributed by atoms with E-state index >= 15 is 0 Å². The third-order valence-corrected chi connectivity index (χ3v) is 9.36. The third-order valence-electron chi connectivity index (χ3n) is 9.05. The molecule has 3 aliphatic rings. The van der Waals surface area contributed by atoms with Crippen LogP contribution in [0.1, 0.15) is 31.0 Å². The largest absolute Gasteiger partial charge is 0.463 e. The number of carbonyl (C=O) groups is 1. The van der Waals surface area contributed by atoms with Crippen molar-refractivity contribution in [3.63, 3.8) is 0 Å². The Balaban J connectivity index is 1.29. The summed E-state index contributed by atoms with van der Waals surface area (Å²) in [5.74, 6) is -1.65. The Morgan fingerprint density at radius 3 is 2.79 bits per heavy atom. The summed E-state index contributed by atoms with van der Waals surface area (Å²) in [4.78, 5) is 29.7. The topological polar surface area (TPSA) is 118 Å². The molecule has 4 heterocycles. The van der Waals surface area contributed by atoms with Crippen LogP contribution in [0.25, 0.3) is 10.8 Å². The molecule has 13 heteroatoms. The first-order chi connectivity index (χ1) is 22.7. The van der Waals surface area contributed by atoms with Gasteiger partial charge in [-0.3, -0.25) is 9.69 Å². The first kappa shape index (κ1) is 32.9. The third kappa shape index (κ3) is 6.99. The molecule has 0 unspecified atom stereocenters. The monoisotopic (exact) mass is 663 g/mol. The number of nitriles is 1. The molecule has 2 atom stereocenters. The number of aliphatic hydroxyl groups is 1. The molecule has 0 spiro atoms. The molecule has 0 saturated carbocycles. The lowest BCUT2D eigenvalue weighted by molar-refractivity contribution is -0.158. The van der Waals surface area contributed by atoms with Crippen molar-refractivity contribution in [1.82, 2.24) is 19.8 Å². The summed E-state index contributed by atoms with van der Waals surface area (Å²) in [5.41, 5.74) is 0.745. The van der Waals surface area contributed by atoms with Crippen LogP contribution in [0.3, 0.4) is 0 Å². The van der Waals surface area contributed by atoms with E-state index in [-0.39, 0.29) is 31.7 Å². The average Bonchev–Trinajstić information content (AvgIpc) is 3.05. The summed E-state index contributed by atoms with van der Waals surface area (Å²) in [7, 11) is 0. The number of β-amino-alcohol motifs (C(OH)–C–C–N with tert-alkyl or cyclic N) is 1. The van der Waals surface area contributed by atoms with E-state index in [1.165, 1.54) is 0 Å². The summed E-state index contributed by atoms with van der Waals surface area (Å²) < 4.78 is 25.7. The van der Waals surface area contributed by atoms with Crippen LogP contribution < -0.4 is 14.5 Å². The highest BCUT2D eigenvalue weighted by atomic mass is 35.5. The van der Waals surface area contributed by atoms with Crippen LogP contribution in [0.5, 0.6) is 6.01 Å². The zero-order valence-electron chi connectivity index (χ0n) is 26.5. The number of carbonyl (C=O) groups excluding carboxylic acids is 1. The summed E-state index contributed by atoms with van der Waals surface area (Å²) in [6.45, 7) is 10.2. The van der Waals surface area contributed by atoms with Gasteiger partial charge < -0.3 is 29.3 Å². The molecule has 1 N–H and O–H groups in total. The fourth-order valence-electron chi connectivity index (χ4n) is 6.80. The molecule has 1 aromatic heterocycles. The molecule has 2 fully saturated rings. The number of benzene rings is 2. The summed E-state index contributed by atoms with van der Waals surface area (Å²) >= 11 is 6.68. The van der Waals surface area contributed by atoms with Gasteiger partial charge in [0.2, 0.25) is 0 Å². The number of morpholine rings is 1. The molecule has 248 valence electrons. The van der Waals surface area contributed by atoms with Gasteiger partial charge in [-0.25, -0.2) is 4.39 Å². The Bertz CT molecular complexity index is 1700. The fraction of sp³-hybridized carbons (Fsp3) is 0.471. The lowest BCUT2D eigenvalue weighted by Crippen LogP contribution is -2.64. The van der Waals surface area contributed by atoms with Crippen molar-refractivity contribution in [2.24, 2.45) is 0 Å². The van der Waals surface area contributed by atoms with Crippen LogP contribution in [0, 0.1) is 11.3 Å². The number of rotatable bonds is 9. The Labute approximate surface area is 278 Å². The predicted molar refractivity (Wildman–Crippen MR) is 177 cm³/mol. The molecule has 3 aromatic rings. The summed E-state index contributed by atoms with van der Waals surface area (Å²) in [6, 6.07) is 14.1. The Morgan fingerprint density at radius 1 is 1.21 bits per heavy atom. The first-order valence-electron chi connectivity index (χ1n) is 16.0. The average molecular weight is 664 g/mol. The molecule has 6 rings (SSSR count). The molecule has 2 saturated heterocycles. The smallest absolute Gasteiger partial charge is 0.318 e. The van der Waals surface area contributed by atoms with Crippen LogP contribution in [-0.2, 0) is 22.5 Å². The first-order valence-corrected chi connectivity index (χ1v) is 16.3. The van der Waals surface area contributed by atoms with E-state index in [2.05, 4.69) is 29.4 Å². The maximum atomic E-state index is 13.9. The predicted octanol–water partition coefficient (Wildman–Crippen LogP) is 4.07. The second kappa shape index (κ2) is 14.0. The SMILES string of the molecule is C=C(F)C(=O)N1CCN(c2nc(OCCCN3CCO[C@@H](C)C3)nc3c2CCN(c2cccc4cccc(Cl)c24)C3)C[C@@]1(O)CC#N. The highest BCUT2D eigenvalue weighted by molar-refractivity contribution is 6.36. The van der Waals surface area contributed by atoms with Crippen molar-refractivity contribution in [2.45, 2.75) is 44.6 Å². The van der Waals surface area contributed by atoms with Crippen molar-refractivity contribution in [3.05, 3.63) is 65.1 Å². The fourth-order valence-corrected chi connectivity index (χ4v) is 7.08. The number of fused-ring (bicyclic) bond motifs is 2. The number of hydrogen-bond donors (Lipinski definition) is 1. The van der Waals surface area contributed by atoms with Gasteiger partial charge in [-0.1, -0.05) is 42.4 Å². The molecule has 11 nitrogen and oxygen atoms in total. The summed E-state index contributed by atoms with van der Waals surface area (Å²) in [5, 5.41) is 23.7. The van der Waals surface area contributed by atoms with E-state index in [1.807, 2.05) is 41.3 Å². The molecular formula is C34H39ClFN7O4. The van der Waals surface area contributed by atoms with Crippen LogP contribution in [0.4, 0.5) is 15.9 Å². The van der Waals surface area contributed by atoms with Gasteiger partial charge in [0.25, 0.3) is 5.91 Å². The number of ether oxygens (including phenoxy) is 2. The number of nitrogens with zero attached hydrogens (tertiary/aromatic N) is 7. The highest BCUT2D eigenvalue weighted by Gasteiger charge is 2.45. The van der Waals surface area contributed by atoms with Gasteiger partial charge in [-0.05, 0) is 37.3 Å². The minimum absolute atomic E-state index is 0.0203. The Hall–Kier alpha value is -4.02. The Morgan fingerprint density at radius 2 is 2.02 bits per heavy atom. The molecule has 2 aromatic carbocycles. The normalized spacial score (nSPS) is 21.8. The molecular weight excluding hydrogens is 625 g/mol. The van der Waals surface area contributed by atoms with Gasteiger partial charge in [-0.15, -0.1) is 0 Å². The van der Waals surface area contributed by atoms with Gasteiger partial charge >= 0.3 is 6.01 Å². The molecule has 1 amide bonds. The van der Waals surface area contributed by atoms with Crippen molar-refractivity contribution >= 4 is 39.8 Å². The lowest BCUT2D eigenvalue weighted by atomic mass is 10.00. The van der Waals surface area contributed by atoms with Crippen molar-refractivity contribution in [1.29, 1.82) is 5.26 Å². The van der Waals surface area contributed by atoms with Crippen molar-refractivity contribution in [3.8, 4) is 12.1 Å². The minimum atomic E-state index is -1.94. The molecule has 47 heavy (non-hydrogen) atoms. The lowest BCUT2D eigenvalue weighted by Gasteiger charge is -2.47. The maximum Gasteiger partial charge on any atom is 0.318 e. The minimum Gasteiger partial charge on any atom is -0.463 e. The maximum absolute atomic E-state index is 13.9. The molecule has 0 bridgehead atoms. The zero-order valence-corrected chi connectivity index (χ0v) is 27.3. The quantitative estimate of drug-likeness (QED) is 0.265. The van der Waals surface area contributed by atoms with Gasteiger partial charge in [0.15, 0.2) is 11.6 Å². The second-order valence-corrected chi connectivity index (χ2v) is 12.7. The van der Waals surface area contributed by atoms with Gasteiger partial charge in [0.05, 0.1) is 55.6 Å². The molecule has 0 radical (unpaired) electrons. The van der Waals surface area contributed by atoms with Gasteiger partial charge in [0.1, 0.15) is 5.82 Å². The van der Waals surface area contributed by atoms with E-state index in [0.717, 1.165) is 58.7 Å². The number of piperazine rings is 1. The van der Waals surface area contributed by atoms with Crippen molar-refractivity contribution in [2.75, 3.05) is 68.8 Å². The highest BCUT2D eigenvalue weighted by Crippen LogP contribution is 2.38. The second-order valence-electron chi connectivity index (χ2n) is 12.3. The standard InChI is InChI=1S/C34H39ClFN7O4/c1-23-20-40(17-19-46-23)13-5-18-47-33-38-28-21-41(29-9-4-7-25-6-3-8-27(35)30(25)29)14-10-26(28)31(39-33)42-15-16-43(32(44)24(2)36)34(45,22-42)11-12-37/h3-4,6-9,23,45H,2,5,10-11,13-22H2,1H3/t23-,34-/m0/s1. The zero-order chi connectivity index (χ0) is 33.1. The summed E-state index contributed by atoms with van der Waals surface area (Å²) in [6.07, 6.45) is 1.17. The van der Waals surface area contributed by atoms with E-state index in [0.29, 0.717) is 43.6 Å². The molecule has 3 aliphatic heterocycles. The van der Waals surface area contributed by atoms with Crippen LogP contribution >= 0.6 is 11.6 Å². The molecule has 0 aliphatic carbocycles. The van der Waals surface area contributed by atoms with Crippen LogP contribution in [-0.4, -0.2) is 102 Å². The van der Waals surface area contributed by atoms with E-state index < -0.39 is 23.9 Å². The Kier molecular flexibility index (Phi) is 9.80. The van der Waals surface area contributed by atoms with E-state index in [1.54, 1.807) is 0 Å². The number of amides is 1. The number of aromatic nitrogens is 2. The number of anilines is 2.